The number of halogens is 1. The molecular weight excluding hydrogens is 302 g/mol. The zero-order chi connectivity index (χ0) is 15.4. The molecule has 0 unspecified atom stereocenters. The maximum absolute atomic E-state index is 12.0. The zero-order valence-corrected chi connectivity index (χ0v) is 12.2. The molecule has 5 nitrogen and oxygen atoms in total. The molecule has 2 aromatic carbocycles. The standard InChI is InChI=1S/C16H12ClN3O2/c17-13-9-5-4-8-12(13)10-18-15(21)16-19-14(20-22-16)11-6-2-1-3-7-11/h1-9H,10H2,(H,18,21). The first-order chi connectivity index (χ1) is 10.7. The Morgan fingerprint density at radius 2 is 1.82 bits per heavy atom. The van der Waals surface area contributed by atoms with E-state index in [4.69, 9.17) is 16.1 Å². The highest BCUT2D eigenvalue weighted by atomic mass is 35.5. The third-order valence-electron chi connectivity index (χ3n) is 3.05. The van der Waals surface area contributed by atoms with Gasteiger partial charge in [0, 0.05) is 17.1 Å². The van der Waals surface area contributed by atoms with Crippen molar-refractivity contribution < 1.29 is 9.32 Å². The molecule has 1 amide bonds. The molecule has 0 radical (unpaired) electrons. The van der Waals surface area contributed by atoms with E-state index in [1.54, 1.807) is 6.07 Å². The van der Waals surface area contributed by atoms with Crippen molar-refractivity contribution in [2.75, 3.05) is 0 Å². The van der Waals surface area contributed by atoms with Gasteiger partial charge < -0.3 is 9.84 Å². The van der Waals surface area contributed by atoms with Crippen LogP contribution in [0.25, 0.3) is 11.4 Å². The second-order valence-electron chi connectivity index (χ2n) is 4.56. The molecule has 0 atom stereocenters. The first kappa shape index (κ1) is 14.3. The van der Waals surface area contributed by atoms with Crippen molar-refractivity contribution >= 4 is 17.5 Å². The Morgan fingerprint density at radius 1 is 1.09 bits per heavy atom. The summed E-state index contributed by atoms with van der Waals surface area (Å²) in [6.45, 7) is 0.293. The summed E-state index contributed by atoms with van der Waals surface area (Å²) in [6.07, 6.45) is 0. The van der Waals surface area contributed by atoms with Gasteiger partial charge in [-0.05, 0) is 11.6 Å². The molecule has 3 aromatic rings. The number of hydrogen-bond acceptors (Lipinski definition) is 4. The molecular formula is C16H12ClN3O2. The minimum absolute atomic E-state index is 0.0779. The molecule has 0 saturated carbocycles. The summed E-state index contributed by atoms with van der Waals surface area (Å²) in [4.78, 5) is 16.1. The van der Waals surface area contributed by atoms with E-state index in [-0.39, 0.29) is 5.89 Å². The number of rotatable bonds is 4. The van der Waals surface area contributed by atoms with Gasteiger partial charge in [0.25, 0.3) is 0 Å². The van der Waals surface area contributed by atoms with Gasteiger partial charge in [0.1, 0.15) is 0 Å². The van der Waals surface area contributed by atoms with Gasteiger partial charge >= 0.3 is 11.8 Å². The zero-order valence-electron chi connectivity index (χ0n) is 11.5. The Bertz CT molecular complexity index is 787. The van der Waals surface area contributed by atoms with Crippen molar-refractivity contribution in [1.82, 2.24) is 15.5 Å². The van der Waals surface area contributed by atoms with Crippen molar-refractivity contribution in [3.63, 3.8) is 0 Å². The smallest absolute Gasteiger partial charge is 0.316 e. The molecule has 110 valence electrons. The summed E-state index contributed by atoms with van der Waals surface area (Å²) in [5, 5.41) is 7.10. The fourth-order valence-corrected chi connectivity index (χ4v) is 2.12. The molecule has 1 heterocycles. The van der Waals surface area contributed by atoms with Crippen LogP contribution in [0.1, 0.15) is 16.2 Å². The Hall–Kier alpha value is -2.66. The highest BCUT2D eigenvalue weighted by Crippen LogP contribution is 2.16. The summed E-state index contributed by atoms with van der Waals surface area (Å²) in [6, 6.07) is 16.6. The first-order valence-electron chi connectivity index (χ1n) is 6.65. The summed E-state index contributed by atoms with van der Waals surface area (Å²) in [7, 11) is 0. The SMILES string of the molecule is O=C(NCc1ccccc1Cl)c1nc(-c2ccccc2)no1. The van der Waals surface area contributed by atoms with Crippen LogP contribution in [0, 0.1) is 0 Å². The topological polar surface area (TPSA) is 68.0 Å². The molecule has 0 saturated heterocycles. The van der Waals surface area contributed by atoms with E-state index in [1.165, 1.54) is 0 Å². The average Bonchev–Trinajstić information content (AvgIpc) is 3.05. The highest BCUT2D eigenvalue weighted by molar-refractivity contribution is 6.31. The predicted octanol–water partition coefficient (Wildman–Crippen LogP) is 3.32. The summed E-state index contributed by atoms with van der Waals surface area (Å²) >= 11 is 6.04. The summed E-state index contributed by atoms with van der Waals surface area (Å²) in [5.41, 5.74) is 1.61. The number of amides is 1. The van der Waals surface area contributed by atoms with Crippen LogP contribution in [0.4, 0.5) is 0 Å². The van der Waals surface area contributed by atoms with Crippen LogP contribution in [-0.2, 0) is 6.54 Å². The van der Waals surface area contributed by atoms with Crippen LogP contribution < -0.4 is 5.32 Å². The molecule has 0 spiro atoms. The highest BCUT2D eigenvalue weighted by Gasteiger charge is 2.16. The minimum Gasteiger partial charge on any atom is -0.344 e. The largest absolute Gasteiger partial charge is 0.344 e. The number of nitrogens with one attached hydrogen (secondary N) is 1. The van der Waals surface area contributed by atoms with E-state index in [0.29, 0.717) is 17.4 Å². The van der Waals surface area contributed by atoms with Gasteiger partial charge in [0.2, 0.25) is 5.82 Å². The lowest BCUT2D eigenvalue weighted by atomic mass is 10.2. The van der Waals surface area contributed by atoms with Crippen LogP contribution in [0.5, 0.6) is 0 Å². The lowest BCUT2D eigenvalue weighted by molar-refractivity contribution is 0.0907. The van der Waals surface area contributed by atoms with Gasteiger partial charge in [-0.1, -0.05) is 65.3 Å². The van der Waals surface area contributed by atoms with E-state index in [9.17, 15) is 4.79 Å². The van der Waals surface area contributed by atoms with Crippen LogP contribution in [0.15, 0.2) is 59.1 Å². The van der Waals surface area contributed by atoms with Gasteiger partial charge in [0.05, 0.1) is 0 Å². The average molecular weight is 314 g/mol. The van der Waals surface area contributed by atoms with Gasteiger partial charge in [-0.3, -0.25) is 4.79 Å². The second kappa shape index (κ2) is 6.41. The fraction of sp³-hybridized carbons (Fsp3) is 0.0625. The number of carbonyl (C=O) groups is 1. The Balaban J connectivity index is 1.69. The first-order valence-corrected chi connectivity index (χ1v) is 7.02. The van der Waals surface area contributed by atoms with Crippen LogP contribution in [0.2, 0.25) is 5.02 Å². The van der Waals surface area contributed by atoms with Crippen molar-refractivity contribution in [2.24, 2.45) is 0 Å². The fourth-order valence-electron chi connectivity index (χ4n) is 1.91. The molecule has 1 N–H and O–H groups in total. The Morgan fingerprint density at radius 3 is 2.59 bits per heavy atom. The van der Waals surface area contributed by atoms with E-state index in [0.717, 1.165) is 11.1 Å². The normalized spacial score (nSPS) is 10.4. The van der Waals surface area contributed by atoms with E-state index < -0.39 is 5.91 Å². The molecule has 0 bridgehead atoms. The lowest BCUT2D eigenvalue weighted by Crippen LogP contribution is -2.23. The minimum atomic E-state index is -0.436. The number of benzene rings is 2. The Labute approximate surface area is 131 Å². The van der Waals surface area contributed by atoms with Crippen molar-refractivity contribution in [3.05, 3.63) is 71.1 Å². The van der Waals surface area contributed by atoms with Crippen molar-refractivity contribution in [3.8, 4) is 11.4 Å². The molecule has 0 aliphatic rings. The molecule has 22 heavy (non-hydrogen) atoms. The lowest BCUT2D eigenvalue weighted by Gasteiger charge is -2.04. The third kappa shape index (κ3) is 3.15. The summed E-state index contributed by atoms with van der Waals surface area (Å²) < 4.78 is 4.99. The molecule has 6 heteroatoms. The summed E-state index contributed by atoms with van der Waals surface area (Å²) in [5.74, 6) is -0.135. The predicted molar refractivity (Wildman–Crippen MR) is 82.4 cm³/mol. The number of aromatic nitrogens is 2. The third-order valence-corrected chi connectivity index (χ3v) is 3.42. The Kier molecular flexibility index (Phi) is 4.16. The van der Waals surface area contributed by atoms with Crippen LogP contribution in [0.3, 0.4) is 0 Å². The number of hydrogen-bond donors (Lipinski definition) is 1. The van der Waals surface area contributed by atoms with Gasteiger partial charge in [-0.25, -0.2) is 0 Å². The number of nitrogens with zero attached hydrogens (tertiary/aromatic N) is 2. The van der Waals surface area contributed by atoms with Crippen molar-refractivity contribution in [1.29, 1.82) is 0 Å². The van der Waals surface area contributed by atoms with Crippen LogP contribution >= 0.6 is 11.6 Å². The quantitative estimate of drug-likeness (QED) is 0.802. The maximum Gasteiger partial charge on any atom is 0.316 e. The number of carbonyl (C=O) groups excluding carboxylic acids is 1. The molecule has 0 fully saturated rings. The van der Waals surface area contributed by atoms with Crippen molar-refractivity contribution in [2.45, 2.75) is 6.54 Å². The molecule has 0 aliphatic carbocycles. The van der Waals surface area contributed by atoms with E-state index >= 15 is 0 Å². The molecule has 0 aliphatic heterocycles. The van der Waals surface area contributed by atoms with Gasteiger partial charge in [-0.15, -0.1) is 0 Å². The molecule has 3 rings (SSSR count). The maximum atomic E-state index is 12.0. The van der Waals surface area contributed by atoms with E-state index in [2.05, 4.69) is 15.5 Å². The van der Waals surface area contributed by atoms with Gasteiger partial charge in [0.15, 0.2) is 0 Å². The molecule has 1 aromatic heterocycles. The second-order valence-corrected chi connectivity index (χ2v) is 4.97. The monoisotopic (exact) mass is 313 g/mol. The van der Waals surface area contributed by atoms with E-state index in [1.807, 2.05) is 48.5 Å². The van der Waals surface area contributed by atoms with Gasteiger partial charge in [-0.2, -0.15) is 4.98 Å². The van der Waals surface area contributed by atoms with Crippen LogP contribution in [-0.4, -0.2) is 16.0 Å².